The van der Waals surface area contributed by atoms with E-state index in [1.54, 1.807) is 19.3 Å². The second kappa shape index (κ2) is 5.05. The van der Waals surface area contributed by atoms with Crippen molar-refractivity contribution in [2.75, 3.05) is 7.11 Å². The van der Waals surface area contributed by atoms with Crippen LogP contribution in [0.15, 0.2) is 29.5 Å². The molecule has 78 valence electrons. The molecule has 0 aliphatic rings. The Balaban J connectivity index is 2.91. The number of amides is 1. The van der Waals surface area contributed by atoms with E-state index in [9.17, 15) is 9.70 Å². The molecular formula is C11H11NO3. The van der Waals surface area contributed by atoms with Crippen LogP contribution in [0.5, 0.6) is 5.75 Å². The van der Waals surface area contributed by atoms with Gasteiger partial charge in [-0.2, -0.15) is 0 Å². The predicted molar refractivity (Wildman–Crippen MR) is 57.6 cm³/mol. The zero-order chi connectivity index (χ0) is 11.3. The first-order valence-corrected chi connectivity index (χ1v) is 4.37. The fourth-order valence-corrected chi connectivity index (χ4v) is 1.15. The van der Waals surface area contributed by atoms with Gasteiger partial charge in [-0.15, -0.1) is 4.91 Å². The number of hydrogen-bond acceptors (Lipinski definition) is 3. The molecule has 0 aliphatic heterocycles. The Bertz CT molecular complexity index is 410. The minimum atomic E-state index is -0.787. The van der Waals surface area contributed by atoms with Crippen LogP contribution in [-0.4, -0.2) is 13.0 Å². The van der Waals surface area contributed by atoms with Gasteiger partial charge in [-0.25, -0.2) is 0 Å². The number of nitrogens with zero attached hydrogens (tertiary/aromatic N) is 1. The van der Waals surface area contributed by atoms with E-state index in [1.165, 1.54) is 0 Å². The van der Waals surface area contributed by atoms with E-state index in [-0.39, 0.29) is 0 Å². The minimum Gasteiger partial charge on any atom is -0.497 e. The van der Waals surface area contributed by atoms with Crippen LogP contribution in [-0.2, 0) is 4.79 Å². The number of hydrogen-bond donors (Lipinski definition) is 0. The first-order valence-electron chi connectivity index (χ1n) is 4.37. The van der Waals surface area contributed by atoms with Crippen LogP contribution in [0.25, 0.3) is 6.08 Å². The second-order valence-electron chi connectivity index (χ2n) is 2.99. The van der Waals surface area contributed by atoms with E-state index in [0.29, 0.717) is 0 Å². The van der Waals surface area contributed by atoms with E-state index in [4.69, 9.17) is 4.74 Å². The first-order chi connectivity index (χ1) is 7.17. The Morgan fingerprint density at radius 2 is 2.20 bits per heavy atom. The highest BCUT2D eigenvalue weighted by Crippen LogP contribution is 2.17. The number of rotatable bonds is 3. The monoisotopic (exact) mass is 205 g/mol. The third-order valence-electron chi connectivity index (χ3n) is 1.97. The second-order valence-corrected chi connectivity index (χ2v) is 2.99. The van der Waals surface area contributed by atoms with Gasteiger partial charge in [0.25, 0.3) is 0 Å². The zero-order valence-corrected chi connectivity index (χ0v) is 8.56. The fourth-order valence-electron chi connectivity index (χ4n) is 1.15. The van der Waals surface area contributed by atoms with Gasteiger partial charge in [-0.05, 0) is 36.3 Å². The van der Waals surface area contributed by atoms with Gasteiger partial charge in [0.1, 0.15) is 5.75 Å². The van der Waals surface area contributed by atoms with Gasteiger partial charge in [0, 0.05) is 11.3 Å². The molecule has 1 aromatic rings. The van der Waals surface area contributed by atoms with E-state index in [0.717, 1.165) is 23.0 Å². The molecule has 0 heterocycles. The summed E-state index contributed by atoms with van der Waals surface area (Å²) >= 11 is 0. The smallest absolute Gasteiger partial charge is 0.309 e. The molecule has 0 bridgehead atoms. The van der Waals surface area contributed by atoms with Crippen molar-refractivity contribution in [3.8, 4) is 5.75 Å². The Morgan fingerprint density at radius 1 is 1.47 bits per heavy atom. The maximum atomic E-state index is 10.6. The molecule has 0 atom stereocenters. The average molecular weight is 205 g/mol. The zero-order valence-electron chi connectivity index (χ0n) is 8.56. The minimum absolute atomic E-state index is 0.754. The van der Waals surface area contributed by atoms with Crippen molar-refractivity contribution >= 4 is 12.0 Å². The Kier molecular flexibility index (Phi) is 3.74. The van der Waals surface area contributed by atoms with Crippen molar-refractivity contribution in [2.45, 2.75) is 6.92 Å². The predicted octanol–water partition coefficient (Wildman–Crippen LogP) is 2.31. The molecule has 4 heteroatoms. The number of benzene rings is 1. The molecule has 0 unspecified atom stereocenters. The molecule has 0 saturated heterocycles. The van der Waals surface area contributed by atoms with Gasteiger partial charge in [0.15, 0.2) is 0 Å². The quantitative estimate of drug-likeness (QED) is 0.562. The SMILES string of the molecule is COc1ccc(/C=C\C(=O)N=O)c(C)c1. The largest absolute Gasteiger partial charge is 0.497 e. The average Bonchev–Trinajstić information content (AvgIpc) is 2.26. The molecule has 0 spiro atoms. The summed E-state index contributed by atoms with van der Waals surface area (Å²) in [5, 5.41) is 2.27. The molecule has 0 N–H and O–H groups in total. The summed E-state index contributed by atoms with van der Waals surface area (Å²) in [5.74, 6) is -0.0327. The van der Waals surface area contributed by atoms with Crippen molar-refractivity contribution in [1.29, 1.82) is 0 Å². The molecular weight excluding hydrogens is 194 g/mol. The Hall–Kier alpha value is -1.97. The summed E-state index contributed by atoms with van der Waals surface area (Å²) in [4.78, 5) is 20.5. The first kappa shape index (κ1) is 11.1. The highest BCUT2D eigenvalue weighted by Gasteiger charge is 1.98. The van der Waals surface area contributed by atoms with Crippen LogP contribution < -0.4 is 4.74 Å². The third kappa shape index (κ3) is 3.02. The van der Waals surface area contributed by atoms with E-state index in [1.807, 2.05) is 19.1 Å². The molecule has 0 radical (unpaired) electrons. The van der Waals surface area contributed by atoms with Gasteiger partial charge < -0.3 is 4.74 Å². The van der Waals surface area contributed by atoms with Crippen molar-refractivity contribution in [3.63, 3.8) is 0 Å². The van der Waals surface area contributed by atoms with E-state index < -0.39 is 5.91 Å². The van der Waals surface area contributed by atoms with Gasteiger partial charge >= 0.3 is 5.91 Å². The van der Waals surface area contributed by atoms with E-state index >= 15 is 0 Å². The maximum Gasteiger partial charge on any atom is 0.309 e. The number of carbonyl (C=O) groups excluding carboxylic acids is 1. The van der Waals surface area contributed by atoms with Crippen molar-refractivity contribution in [2.24, 2.45) is 5.18 Å². The topological polar surface area (TPSA) is 55.7 Å². The summed E-state index contributed by atoms with van der Waals surface area (Å²) in [7, 11) is 1.59. The van der Waals surface area contributed by atoms with Gasteiger partial charge in [-0.1, -0.05) is 6.07 Å². The standard InChI is InChI=1S/C11H11NO3/c1-8-7-10(15-2)5-3-9(8)4-6-11(13)12-14/h3-7H,1-2H3/b6-4-. The number of carbonyl (C=O) groups is 1. The number of methoxy groups -OCH3 is 1. The summed E-state index contributed by atoms with van der Waals surface area (Å²) in [6.45, 7) is 1.89. The number of nitroso groups, excluding NO2 is 1. The van der Waals surface area contributed by atoms with Crippen molar-refractivity contribution < 1.29 is 9.53 Å². The lowest BCUT2D eigenvalue weighted by Gasteiger charge is -2.03. The van der Waals surface area contributed by atoms with Crippen molar-refractivity contribution in [1.82, 2.24) is 0 Å². The molecule has 0 saturated carbocycles. The van der Waals surface area contributed by atoms with Gasteiger partial charge in [-0.3, -0.25) is 4.79 Å². The number of aryl methyl sites for hydroxylation is 1. The fraction of sp³-hybridized carbons (Fsp3) is 0.182. The van der Waals surface area contributed by atoms with Crippen LogP contribution in [0.3, 0.4) is 0 Å². The molecule has 0 aromatic heterocycles. The van der Waals surface area contributed by atoms with Gasteiger partial charge in [0.2, 0.25) is 0 Å². The lowest BCUT2D eigenvalue weighted by Crippen LogP contribution is -1.87. The van der Waals surface area contributed by atoms with Crippen LogP contribution in [0.4, 0.5) is 0 Å². The lowest BCUT2D eigenvalue weighted by molar-refractivity contribution is -0.113. The lowest BCUT2D eigenvalue weighted by atomic mass is 10.1. The molecule has 4 nitrogen and oxygen atoms in total. The molecule has 1 aromatic carbocycles. The van der Waals surface area contributed by atoms with Crippen LogP contribution >= 0.6 is 0 Å². The molecule has 1 amide bonds. The summed E-state index contributed by atoms with van der Waals surface area (Å²) in [6, 6.07) is 5.44. The Morgan fingerprint density at radius 3 is 2.73 bits per heavy atom. The molecule has 15 heavy (non-hydrogen) atoms. The van der Waals surface area contributed by atoms with Crippen LogP contribution in [0.1, 0.15) is 11.1 Å². The van der Waals surface area contributed by atoms with Crippen LogP contribution in [0, 0.1) is 11.8 Å². The third-order valence-corrected chi connectivity index (χ3v) is 1.97. The molecule has 0 fully saturated rings. The van der Waals surface area contributed by atoms with Gasteiger partial charge in [0.05, 0.1) is 7.11 Å². The Labute approximate surface area is 87.5 Å². The summed E-state index contributed by atoms with van der Waals surface area (Å²) in [5.41, 5.74) is 1.82. The van der Waals surface area contributed by atoms with E-state index in [2.05, 4.69) is 5.18 Å². The number of ether oxygens (including phenoxy) is 1. The highest BCUT2D eigenvalue weighted by atomic mass is 16.5. The van der Waals surface area contributed by atoms with Crippen molar-refractivity contribution in [3.05, 3.63) is 40.3 Å². The van der Waals surface area contributed by atoms with Crippen LogP contribution in [0.2, 0.25) is 0 Å². The maximum absolute atomic E-state index is 10.6. The molecule has 0 aliphatic carbocycles. The summed E-state index contributed by atoms with van der Waals surface area (Å²) in [6.07, 6.45) is 2.69. The normalized spacial score (nSPS) is 10.3. The summed E-state index contributed by atoms with van der Waals surface area (Å²) < 4.78 is 5.04. The molecule has 1 rings (SSSR count). The highest BCUT2D eigenvalue weighted by molar-refractivity contribution is 5.92.